The van der Waals surface area contributed by atoms with Crippen LogP contribution in [-0.4, -0.2) is 47.5 Å². The molecule has 10 heteroatoms. The lowest BCUT2D eigenvalue weighted by atomic mass is 10.1. The van der Waals surface area contributed by atoms with E-state index in [-0.39, 0.29) is 0 Å². The second-order valence-electron chi connectivity index (χ2n) is 7.76. The fourth-order valence-electron chi connectivity index (χ4n) is 3.05. The Morgan fingerprint density at radius 3 is 2.94 bits per heavy atom. The second-order valence-corrected chi connectivity index (χ2v) is 8.17. The van der Waals surface area contributed by atoms with Gasteiger partial charge in [-0.2, -0.15) is 10.4 Å². The summed E-state index contributed by atoms with van der Waals surface area (Å²) in [6, 6.07) is 5.94. The lowest BCUT2D eigenvalue weighted by Crippen LogP contribution is -2.24. The van der Waals surface area contributed by atoms with Crippen molar-refractivity contribution in [3.63, 3.8) is 0 Å². The van der Waals surface area contributed by atoms with Gasteiger partial charge in [-0.25, -0.2) is 15.0 Å². The number of nitriles is 1. The van der Waals surface area contributed by atoms with E-state index in [4.69, 9.17) is 16.7 Å². The molecule has 0 amide bonds. The summed E-state index contributed by atoms with van der Waals surface area (Å²) in [5.41, 5.74) is 2.52. The third-order valence-corrected chi connectivity index (χ3v) is 5.11. The average molecular weight is 437 g/mol. The van der Waals surface area contributed by atoms with E-state index < -0.39 is 11.6 Å². The van der Waals surface area contributed by atoms with E-state index in [1.165, 1.54) is 0 Å². The Balaban J connectivity index is 1.86. The van der Waals surface area contributed by atoms with Gasteiger partial charge in [0.25, 0.3) is 0 Å². The largest absolute Gasteiger partial charge is 0.392 e. The van der Waals surface area contributed by atoms with Gasteiger partial charge < -0.3 is 15.4 Å². The maximum Gasteiger partial charge on any atom is 0.223 e. The van der Waals surface area contributed by atoms with Gasteiger partial charge in [0.15, 0.2) is 0 Å². The van der Waals surface area contributed by atoms with E-state index in [9.17, 15) is 10.4 Å². The maximum atomic E-state index is 9.60. The zero-order valence-electron chi connectivity index (χ0n) is 17.3. The van der Waals surface area contributed by atoms with Gasteiger partial charge in [0.05, 0.1) is 22.9 Å². The Morgan fingerprint density at radius 1 is 1.39 bits per heavy atom. The minimum absolute atomic E-state index is 0.323. The molecule has 0 saturated heterocycles. The number of fused-ring (bicyclic) bond motifs is 1. The van der Waals surface area contributed by atoms with Crippen LogP contribution in [-0.2, 0) is 5.54 Å². The van der Waals surface area contributed by atoms with Gasteiger partial charge >= 0.3 is 0 Å². The topological polar surface area (TPSA) is 128 Å². The lowest BCUT2D eigenvalue weighted by Gasteiger charge is -2.15. The molecule has 0 aromatic carbocycles. The minimum atomic E-state index is -0.864. The van der Waals surface area contributed by atoms with Crippen LogP contribution in [0.3, 0.4) is 0 Å². The minimum Gasteiger partial charge on any atom is -0.392 e. The highest BCUT2D eigenvalue weighted by atomic mass is 35.5. The molecular weight excluding hydrogens is 416 g/mol. The Labute approximate surface area is 183 Å². The fourth-order valence-corrected chi connectivity index (χ4v) is 3.24. The first-order valence-corrected chi connectivity index (χ1v) is 10.1. The SMILES string of the molecule is C[C@H](O)CNc1nccc(-c2cn(C(C)(C)C#N)nc2-c2cnc3[nH]cc(Cl)c3c2)n1. The number of rotatable bonds is 6. The quantitative estimate of drug-likeness (QED) is 0.421. The average Bonchev–Trinajstić information content (AvgIpc) is 3.37. The van der Waals surface area contributed by atoms with E-state index in [0.717, 1.165) is 16.5 Å². The summed E-state index contributed by atoms with van der Waals surface area (Å²) in [7, 11) is 0. The molecule has 0 fully saturated rings. The zero-order valence-corrected chi connectivity index (χ0v) is 18.0. The zero-order chi connectivity index (χ0) is 22.2. The molecule has 4 rings (SSSR count). The van der Waals surface area contributed by atoms with Crippen molar-refractivity contribution in [1.29, 1.82) is 5.26 Å². The molecule has 3 N–H and O–H groups in total. The monoisotopic (exact) mass is 436 g/mol. The number of anilines is 1. The van der Waals surface area contributed by atoms with Crippen molar-refractivity contribution < 1.29 is 5.11 Å². The molecule has 158 valence electrons. The van der Waals surface area contributed by atoms with E-state index in [2.05, 4.69) is 31.3 Å². The third kappa shape index (κ3) is 4.08. The summed E-state index contributed by atoms with van der Waals surface area (Å²) in [6.07, 6.45) is 6.28. The molecule has 9 nitrogen and oxygen atoms in total. The molecule has 0 spiro atoms. The van der Waals surface area contributed by atoms with Gasteiger partial charge in [0.2, 0.25) is 5.95 Å². The molecule has 31 heavy (non-hydrogen) atoms. The van der Waals surface area contributed by atoms with E-state index in [0.29, 0.717) is 34.6 Å². The van der Waals surface area contributed by atoms with Crippen LogP contribution in [0.15, 0.2) is 36.9 Å². The number of pyridine rings is 1. The molecular formula is C21H21ClN8O. The van der Waals surface area contributed by atoms with Crippen molar-refractivity contribution in [2.75, 3.05) is 11.9 Å². The van der Waals surface area contributed by atoms with Crippen molar-refractivity contribution in [2.24, 2.45) is 0 Å². The maximum absolute atomic E-state index is 9.60. The van der Waals surface area contributed by atoms with Crippen molar-refractivity contribution in [1.82, 2.24) is 29.7 Å². The Hall–Kier alpha value is -3.48. The second kappa shape index (κ2) is 7.98. The number of nitrogens with zero attached hydrogens (tertiary/aromatic N) is 6. The summed E-state index contributed by atoms with van der Waals surface area (Å²) < 4.78 is 1.62. The van der Waals surface area contributed by atoms with Crippen molar-refractivity contribution in [2.45, 2.75) is 32.4 Å². The molecule has 0 aliphatic carbocycles. The Morgan fingerprint density at radius 2 is 2.19 bits per heavy atom. The van der Waals surface area contributed by atoms with Gasteiger partial charge in [0, 0.05) is 47.8 Å². The van der Waals surface area contributed by atoms with Gasteiger partial charge in [-0.15, -0.1) is 0 Å². The van der Waals surface area contributed by atoms with E-state index >= 15 is 0 Å². The Bertz CT molecular complexity index is 1280. The molecule has 0 aliphatic rings. The highest BCUT2D eigenvalue weighted by Crippen LogP contribution is 2.34. The lowest BCUT2D eigenvalue weighted by molar-refractivity contribution is 0.208. The number of H-pyrrole nitrogens is 1. The van der Waals surface area contributed by atoms with E-state index in [1.54, 1.807) is 56.3 Å². The number of aromatic nitrogens is 6. The number of hydrogen-bond donors (Lipinski definition) is 3. The van der Waals surface area contributed by atoms with Crippen molar-refractivity contribution in [3.8, 4) is 28.6 Å². The van der Waals surface area contributed by atoms with E-state index in [1.807, 2.05) is 6.07 Å². The van der Waals surface area contributed by atoms with Gasteiger partial charge in [-0.3, -0.25) is 4.68 Å². The predicted octanol–water partition coefficient (Wildman–Crippen LogP) is 3.59. The number of aromatic amines is 1. The van der Waals surface area contributed by atoms with Crippen LogP contribution in [0, 0.1) is 11.3 Å². The summed E-state index contributed by atoms with van der Waals surface area (Å²) in [4.78, 5) is 16.2. The van der Waals surface area contributed by atoms with Gasteiger partial charge in [-0.1, -0.05) is 11.6 Å². The van der Waals surface area contributed by atoms with Crippen molar-refractivity contribution >= 4 is 28.6 Å². The summed E-state index contributed by atoms with van der Waals surface area (Å²) >= 11 is 6.28. The molecule has 4 heterocycles. The van der Waals surface area contributed by atoms with Crippen LogP contribution in [0.5, 0.6) is 0 Å². The molecule has 0 saturated carbocycles. The standard InChI is InChI=1S/C21H21ClN8O/c1-12(31)7-27-20-24-5-4-17(28-20)15-10-30(21(2,3)11-23)29-18(15)13-6-14-16(22)9-26-19(14)25-8-13/h4-6,8-10,12,31H,7H2,1-3H3,(H,25,26)(H,24,27,28)/t12-/m0/s1. The van der Waals surface area contributed by atoms with Crippen LogP contribution in [0.2, 0.25) is 5.02 Å². The molecule has 4 aromatic heterocycles. The fraction of sp³-hybridized carbons (Fsp3) is 0.286. The first-order chi connectivity index (χ1) is 14.8. The predicted molar refractivity (Wildman–Crippen MR) is 118 cm³/mol. The number of hydrogen-bond acceptors (Lipinski definition) is 7. The highest BCUT2D eigenvalue weighted by Gasteiger charge is 2.25. The highest BCUT2D eigenvalue weighted by molar-refractivity contribution is 6.35. The number of aliphatic hydroxyl groups is 1. The van der Waals surface area contributed by atoms with Gasteiger partial charge in [0.1, 0.15) is 16.9 Å². The molecule has 0 radical (unpaired) electrons. The molecule has 0 unspecified atom stereocenters. The summed E-state index contributed by atoms with van der Waals surface area (Å²) in [6.45, 7) is 5.57. The smallest absolute Gasteiger partial charge is 0.223 e. The first-order valence-electron chi connectivity index (χ1n) is 9.68. The van der Waals surface area contributed by atoms with Crippen LogP contribution >= 0.6 is 11.6 Å². The van der Waals surface area contributed by atoms with Crippen LogP contribution in [0.1, 0.15) is 20.8 Å². The van der Waals surface area contributed by atoms with Crippen LogP contribution in [0.25, 0.3) is 33.5 Å². The summed E-state index contributed by atoms with van der Waals surface area (Å²) in [5.74, 6) is 0.388. The summed E-state index contributed by atoms with van der Waals surface area (Å²) in [5, 5.41) is 28.2. The van der Waals surface area contributed by atoms with Crippen LogP contribution in [0.4, 0.5) is 5.95 Å². The number of nitrogens with one attached hydrogen (secondary N) is 2. The number of halogens is 1. The Kier molecular flexibility index (Phi) is 5.35. The van der Waals surface area contributed by atoms with Crippen LogP contribution < -0.4 is 5.32 Å². The van der Waals surface area contributed by atoms with Crippen molar-refractivity contribution in [3.05, 3.63) is 41.9 Å². The normalized spacial score (nSPS) is 12.6. The first kappa shape index (κ1) is 20.8. The van der Waals surface area contributed by atoms with Gasteiger partial charge in [-0.05, 0) is 32.9 Å². The molecule has 4 aromatic rings. The molecule has 0 bridgehead atoms. The number of aliphatic hydroxyl groups excluding tert-OH is 1. The molecule has 0 aliphatic heterocycles. The third-order valence-electron chi connectivity index (χ3n) is 4.80. The molecule has 1 atom stereocenters.